The van der Waals surface area contributed by atoms with Crippen molar-refractivity contribution in [3.05, 3.63) is 87.4 Å². The molecule has 7 heteroatoms. The second-order valence-corrected chi connectivity index (χ2v) is 7.93. The van der Waals surface area contributed by atoms with Gasteiger partial charge < -0.3 is 0 Å². The summed E-state index contributed by atoms with van der Waals surface area (Å²) in [5.41, 5.74) is 4.77. The van der Waals surface area contributed by atoms with E-state index in [2.05, 4.69) is 15.1 Å². The average molecular weight is 413 g/mol. The third kappa shape index (κ3) is 3.88. The molecule has 142 valence electrons. The topological polar surface area (TPSA) is 43.1 Å². The molecule has 2 aromatic carbocycles. The van der Waals surface area contributed by atoms with Gasteiger partial charge in [-0.3, -0.25) is 0 Å². The minimum atomic E-state index is -0.215. The summed E-state index contributed by atoms with van der Waals surface area (Å²) in [7, 11) is 0. The molecule has 4 aromatic rings. The van der Waals surface area contributed by atoms with Crippen LogP contribution in [0.25, 0.3) is 5.78 Å². The highest BCUT2D eigenvalue weighted by atomic mass is 35.5. The van der Waals surface area contributed by atoms with Crippen molar-refractivity contribution < 1.29 is 4.39 Å². The molecule has 28 heavy (non-hydrogen) atoms. The van der Waals surface area contributed by atoms with Gasteiger partial charge in [0.1, 0.15) is 5.82 Å². The van der Waals surface area contributed by atoms with Gasteiger partial charge in [0.2, 0.25) is 5.16 Å². The Hall–Kier alpha value is -2.44. The summed E-state index contributed by atoms with van der Waals surface area (Å²) < 4.78 is 15.6. The van der Waals surface area contributed by atoms with Crippen LogP contribution < -0.4 is 0 Å². The Morgan fingerprint density at radius 2 is 1.89 bits per heavy atom. The van der Waals surface area contributed by atoms with Crippen molar-refractivity contribution in [2.24, 2.45) is 0 Å². The first-order valence-electron chi connectivity index (χ1n) is 8.85. The fourth-order valence-electron chi connectivity index (χ4n) is 3.12. The predicted octanol–water partition coefficient (Wildman–Crippen LogP) is 5.42. The molecule has 0 saturated carbocycles. The van der Waals surface area contributed by atoms with Crippen LogP contribution in [0.5, 0.6) is 0 Å². The number of halogens is 2. The Bertz CT molecular complexity index is 1160. The number of aromatic nitrogens is 4. The quantitative estimate of drug-likeness (QED) is 0.411. The molecule has 0 atom stereocenters. The van der Waals surface area contributed by atoms with Gasteiger partial charge >= 0.3 is 0 Å². The first-order chi connectivity index (χ1) is 13.5. The van der Waals surface area contributed by atoms with Crippen LogP contribution in [-0.2, 0) is 12.2 Å². The van der Waals surface area contributed by atoms with Crippen LogP contribution in [0.2, 0.25) is 5.02 Å². The van der Waals surface area contributed by atoms with Gasteiger partial charge in [0.05, 0.1) is 0 Å². The Kier molecular flexibility index (Phi) is 5.33. The second kappa shape index (κ2) is 7.89. The highest BCUT2D eigenvalue weighted by Crippen LogP contribution is 2.24. The number of rotatable bonds is 5. The summed E-state index contributed by atoms with van der Waals surface area (Å²) in [6.45, 7) is 4.00. The Labute approximate surface area is 171 Å². The van der Waals surface area contributed by atoms with E-state index in [9.17, 15) is 4.39 Å². The van der Waals surface area contributed by atoms with Crippen molar-refractivity contribution in [1.29, 1.82) is 0 Å². The maximum atomic E-state index is 13.8. The third-order valence-electron chi connectivity index (χ3n) is 4.61. The van der Waals surface area contributed by atoms with Gasteiger partial charge in [-0.15, -0.1) is 5.10 Å². The van der Waals surface area contributed by atoms with Crippen LogP contribution in [-0.4, -0.2) is 19.6 Å². The van der Waals surface area contributed by atoms with Crippen molar-refractivity contribution in [2.75, 3.05) is 0 Å². The van der Waals surface area contributed by atoms with Crippen molar-refractivity contribution in [3.63, 3.8) is 0 Å². The lowest BCUT2D eigenvalue weighted by molar-refractivity contribution is 0.617. The molecule has 0 aliphatic carbocycles. The van der Waals surface area contributed by atoms with Gasteiger partial charge in [0.15, 0.2) is 0 Å². The van der Waals surface area contributed by atoms with Gasteiger partial charge in [0, 0.05) is 28.6 Å². The zero-order valence-corrected chi connectivity index (χ0v) is 17.1. The van der Waals surface area contributed by atoms with E-state index in [1.807, 2.05) is 44.2 Å². The predicted molar refractivity (Wildman–Crippen MR) is 110 cm³/mol. The highest BCUT2D eigenvalue weighted by molar-refractivity contribution is 7.98. The first-order valence-corrected chi connectivity index (χ1v) is 10.2. The average Bonchev–Trinajstić information content (AvgIpc) is 3.07. The van der Waals surface area contributed by atoms with E-state index in [4.69, 9.17) is 11.6 Å². The molecular formula is C21H18ClFN4S. The minimum Gasteiger partial charge on any atom is -0.216 e. The SMILES string of the molecule is Cc1nc2nc(SCc3ccccc3F)nn2c(C)c1Cc1cccc(Cl)c1. The number of nitrogens with zero attached hydrogens (tertiary/aromatic N) is 4. The van der Waals surface area contributed by atoms with E-state index in [0.29, 0.717) is 22.3 Å². The first kappa shape index (κ1) is 18.9. The lowest BCUT2D eigenvalue weighted by Gasteiger charge is -2.10. The number of hydrogen-bond donors (Lipinski definition) is 0. The number of hydrogen-bond acceptors (Lipinski definition) is 4. The standard InChI is InChI=1S/C21H18ClFN4S/c1-13-18(11-15-6-5-8-17(22)10-15)14(2)27-20(24-13)25-21(26-27)28-12-16-7-3-4-9-19(16)23/h3-10H,11-12H2,1-2H3. The van der Waals surface area contributed by atoms with Crippen molar-refractivity contribution in [3.8, 4) is 0 Å². The summed E-state index contributed by atoms with van der Waals surface area (Å²) in [5, 5.41) is 5.87. The Morgan fingerprint density at radius 3 is 2.68 bits per heavy atom. The monoisotopic (exact) mass is 412 g/mol. The van der Waals surface area contributed by atoms with Crippen molar-refractivity contribution in [2.45, 2.75) is 31.2 Å². The zero-order chi connectivity index (χ0) is 19.7. The molecule has 0 amide bonds. The minimum absolute atomic E-state index is 0.215. The number of benzene rings is 2. The molecule has 0 N–H and O–H groups in total. The summed E-state index contributed by atoms with van der Waals surface area (Å²) in [5.74, 6) is 0.810. The molecule has 4 nitrogen and oxygen atoms in total. The van der Waals surface area contributed by atoms with Crippen molar-refractivity contribution in [1.82, 2.24) is 19.6 Å². The van der Waals surface area contributed by atoms with Crippen LogP contribution in [0.15, 0.2) is 53.7 Å². The fraction of sp³-hybridized carbons (Fsp3) is 0.190. The van der Waals surface area contributed by atoms with Crippen LogP contribution in [0.3, 0.4) is 0 Å². The van der Waals surface area contributed by atoms with E-state index in [0.717, 1.165) is 34.0 Å². The van der Waals surface area contributed by atoms with Gasteiger partial charge in [-0.25, -0.2) is 13.9 Å². The second-order valence-electron chi connectivity index (χ2n) is 6.55. The molecule has 4 rings (SSSR count). The van der Waals surface area contributed by atoms with E-state index in [1.54, 1.807) is 16.6 Å². The van der Waals surface area contributed by atoms with Crippen molar-refractivity contribution >= 4 is 29.1 Å². The summed E-state index contributed by atoms with van der Waals surface area (Å²) in [6.07, 6.45) is 0.721. The Morgan fingerprint density at radius 1 is 1.07 bits per heavy atom. The molecule has 0 fully saturated rings. The fourth-order valence-corrected chi connectivity index (χ4v) is 4.13. The largest absolute Gasteiger partial charge is 0.253 e. The summed E-state index contributed by atoms with van der Waals surface area (Å²) in [4.78, 5) is 9.12. The summed E-state index contributed by atoms with van der Waals surface area (Å²) >= 11 is 7.51. The molecule has 0 spiro atoms. The molecular weight excluding hydrogens is 395 g/mol. The van der Waals surface area contributed by atoms with E-state index >= 15 is 0 Å². The van der Waals surface area contributed by atoms with E-state index < -0.39 is 0 Å². The zero-order valence-electron chi connectivity index (χ0n) is 15.5. The number of thioether (sulfide) groups is 1. The van der Waals surface area contributed by atoms with Crippen LogP contribution in [0.4, 0.5) is 4.39 Å². The van der Waals surface area contributed by atoms with Gasteiger partial charge in [0.25, 0.3) is 5.78 Å². The van der Waals surface area contributed by atoms with E-state index in [1.165, 1.54) is 17.8 Å². The molecule has 0 aliphatic heterocycles. The molecule has 2 heterocycles. The molecule has 0 saturated heterocycles. The lowest BCUT2D eigenvalue weighted by Crippen LogP contribution is -2.06. The van der Waals surface area contributed by atoms with Gasteiger partial charge in [-0.1, -0.05) is 53.7 Å². The Balaban J connectivity index is 1.62. The molecule has 0 unspecified atom stereocenters. The molecule has 0 aliphatic rings. The molecule has 0 bridgehead atoms. The maximum absolute atomic E-state index is 13.8. The highest BCUT2D eigenvalue weighted by Gasteiger charge is 2.15. The number of aryl methyl sites for hydroxylation is 2. The molecule has 2 aromatic heterocycles. The van der Waals surface area contributed by atoms with Gasteiger partial charge in [-0.05, 0) is 48.7 Å². The van der Waals surface area contributed by atoms with Crippen LogP contribution in [0, 0.1) is 19.7 Å². The van der Waals surface area contributed by atoms with E-state index in [-0.39, 0.29) is 5.82 Å². The maximum Gasteiger partial charge on any atom is 0.253 e. The third-order valence-corrected chi connectivity index (χ3v) is 5.74. The van der Waals surface area contributed by atoms with Crippen LogP contribution in [0.1, 0.15) is 28.1 Å². The molecule has 0 radical (unpaired) electrons. The van der Waals surface area contributed by atoms with Crippen LogP contribution >= 0.6 is 23.4 Å². The lowest BCUT2D eigenvalue weighted by atomic mass is 10.0. The smallest absolute Gasteiger partial charge is 0.216 e. The summed E-state index contributed by atoms with van der Waals surface area (Å²) in [6, 6.07) is 14.6. The van der Waals surface area contributed by atoms with Gasteiger partial charge in [-0.2, -0.15) is 4.98 Å². The number of fused-ring (bicyclic) bond motifs is 1. The normalized spacial score (nSPS) is 11.3.